The molecule has 12 nitrogen and oxygen atoms in total. The zero-order valence-corrected chi connectivity index (χ0v) is 27.5. The van der Waals surface area contributed by atoms with Crippen LogP contribution < -0.4 is 34.8 Å². The zero-order chi connectivity index (χ0) is 34.5. The molecular weight excluding hydrogens is 629 g/mol. The molecule has 6 rings (SSSR count). The molecule has 0 spiro atoms. The van der Waals surface area contributed by atoms with E-state index in [1.165, 1.54) is 48.1 Å². The molecule has 5 aromatic rings. The summed E-state index contributed by atoms with van der Waals surface area (Å²) in [6.07, 6.45) is 3.69. The molecule has 252 valence electrons. The number of para-hydroxylation sites is 1. The second-order valence-corrected chi connectivity index (χ2v) is 11.5. The normalized spacial score (nSPS) is 13.6. The topological polar surface area (TPSA) is 113 Å². The second kappa shape index (κ2) is 14.4. The highest BCUT2D eigenvalue weighted by Gasteiger charge is 2.33. The van der Waals surface area contributed by atoms with Crippen LogP contribution in [-0.2, 0) is 11.3 Å². The van der Waals surface area contributed by atoms with Crippen LogP contribution in [0.2, 0.25) is 0 Å². The monoisotopic (exact) mass is 666 g/mol. The molecule has 1 unspecified atom stereocenters. The molecule has 0 radical (unpaired) electrons. The molecule has 1 atom stereocenters. The molecule has 1 fully saturated rings. The Morgan fingerprint density at radius 1 is 0.939 bits per heavy atom. The highest BCUT2D eigenvalue weighted by Crippen LogP contribution is 2.37. The van der Waals surface area contributed by atoms with Crippen LogP contribution in [0.1, 0.15) is 18.8 Å². The lowest BCUT2D eigenvalue weighted by atomic mass is 10.1. The molecule has 1 saturated heterocycles. The van der Waals surface area contributed by atoms with Crippen LogP contribution >= 0.6 is 0 Å². The van der Waals surface area contributed by atoms with Gasteiger partial charge in [-0.1, -0.05) is 18.2 Å². The number of ether oxygens (including phenoxy) is 2. The molecule has 1 aliphatic heterocycles. The number of methoxy groups -OCH3 is 2. The van der Waals surface area contributed by atoms with E-state index in [1.54, 1.807) is 54.3 Å². The van der Waals surface area contributed by atoms with Crippen LogP contribution in [0.3, 0.4) is 0 Å². The fraction of sp³-hybridized carbons (Fsp3) is 0.250. The van der Waals surface area contributed by atoms with E-state index in [0.29, 0.717) is 65.8 Å². The largest absolute Gasteiger partial charge is 0.497 e. The fourth-order valence-corrected chi connectivity index (χ4v) is 5.94. The van der Waals surface area contributed by atoms with Gasteiger partial charge in [0.25, 0.3) is 11.5 Å². The molecule has 3 amide bonds. The van der Waals surface area contributed by atoms with E-state index in [9.17, 15) is 18.8 Å². The van der Waals surface area contributed by atoms with Gasteiger partial charge < -0.3 is 24.7 Å². The Kier molecular flexibility index (Phi) is 9.69. The molecule has 13 heteroatoms. The van der Waals surface area contributed by atoms with Crippen LogP contribution in [0.5, 0.6) is 11.5 Å². The van der Waals surface area contributed by atoms with Gasteiger partial charge in [-0.25, -0.2) is 18.8 Å². The SMILES string of the molecule is COc1ccc(N(C(=O)Nc2ccc(F)cc2)C(C)c2nc3ccccc3c(=O)n2N2CCN(C(=O)C[n+]3ccccc3)CC2)c(OC)c1. The Morgan fingerprint density at radius 3 is 2.35 bits per heavy atom. The molecule has 0 saturated carbocycles. The van der Waals surface area contributed by atoms with Gasteiger partial charge in [-0.15, -0.1) is 0 Å². The van der Waals surface area contributed by atoms with Crippen molar-refractivity contribution < 1.29 is 28.0 Å². The summed E-state index contributed by atoms with van der Waals surface area (Å²) >= 11 is 0. The van der Waals surface area contributed by atoms with E-state index in [2.05, 4.69) is 5.32 Å². The Morgan fingerprint density at radius 2 is 1.65 bits per heavy atom. The first kappa shape index (κ1) is 32.9. The number of hydrogen-bond acceptors (Lipinski definition) is 7. The maximum absolute atomic E-state index is 14.3. The summed E-state index contributed by atoms with van der Waals surface area (Å²) in [5.74, 6) is 0.702. The average Bonchev–Trinajstić information content (AvgIpc) is 3.13. The van der Waals surface area contributed by atoms with Gasteiger partial charge in [0.15, 0.2) is 18.2 Å². The number of amides is 3. The van der Waals surface area contributed by atoms with Crippen molar-refractivity contribution in [1.29, 1.82) is 0 Å². The number of halogens is 1. The van der Waals surface area contributed by atoms with Gasteiger partial charge >= 0.3 is 6.03 Å². The van der Waals surface area contributed by atoms with Crippen LogP contribution in [0, 0.1) is 5.82 Å². The average molecular weight is 667 g/mol. The first-order chi connectivity index (χ1) is 23.8. The first-order valence-corrected chi connectivity index (χ1v) is 15.8. The molecule has 1 N–H and O–H groups in total. The van der Waals surface area contributed by atoms with Gasteiger partial charge in [-0.3, -0.25) is 14.5 Å². The summed E-state index contributed by atoms with van der Waals surface area (Å²) in [7, 11) is 3.02. The molecule has 3 aromatic carbocycles. The molecule has 49 heavy (non-hydrogen) atoms. The standard InChI is InChI=1S/C36H36FN7O5/c1-25(43(31-16-15-28(48-2)23-32(31)49-3)36(47)38-27-13-11-26(37)12-14-27)34-39-30-10-6-5-9-29(30)35(46)44(34)42-21-19-41(20-22-42)33(45)24-40-17-7-4-8-18-40/h4-18,23,25H,19-22,24H2,1-3H3/p+1. The fourth-order valence-electron chi connectivity index (χ4n) is 5.94. The third kappa shape index (κ3) is 7.00. The van der Waals surface area contributed by atoms with Crippen molar-refractivity contribution in [1.82, 2.24) is 14.6 Å². The molecule has 1 aliphatic rings. The number of anilines is 2. The van der Waals surface area contributed by atoms with Gasteiger partial charge in [0.2, 0.25) is 6.54 Å². The zero-order valence-electron chi connectivity index (χ0n) is 27.5. The summed E-state index contributed by atoms with van der Waals surface area (Å²) in [5.41, 5.74) is 0.931. The minimum atomic E-state index is -0.839. The maximum Gasteiger partial charge on any atom is 0.327 e. The number of aromatic nitrogens is 3. The minimum absolute atomic E-state index is 0.0244. The summed E-state index contributed by atoms with van der Waals surface area (Å²) in [6.45, 7) is 3.48. The molecule has 0 bridgehead atoms. The van der Waals surface area contributed by atoms with Crippen molar-refractivity contribution in [3.63, 3.8) is 0 Å². The second-order valence-electron chi connectivity index (χ2n) is 11.5. The van der Waals surface area contributed by atoms with Crippen molar-refractivity contribution in [3.8, 4) is 11.5 Å². The van der Waals surface area contributed by atoms with Crippen molar-refractivity contribution in [2.75, 3.05) is 55.6 Å². The van der Waals surface area contributed by atoms with E-state index in [-0.39, 0.29) is 18.0 Å². The molecule has 3 heterocycles. The lowest BCUT2D eigenvalue weighted by Gasteiger charge is -2.39. The predicted octanol–water partition coefficient (Wildman–Crippen LogP) is 4.12. The number of nitrogens with one attached hydrogen (secondary N) is 1. The van der Waals surface area contributed by atoms with E-state index in [0.717, 1.165) is 0 Å². The van der Waals surface area contributed by atoms with E-state index in [1.807, 2.05) is 40.2 Å². The van der Waals surface area contributed by atoms with Gasteiger partial charge in [-0.2, -0.15) is 4.57 Å². The minimum Gasteiger partial charge on any atom is -0.497 e. The Bertz CT molecular complexity index is 2020. The third-order valence-electron chi connectivity index (χ3n) is 8.49. The van der Waals surface area contributed by atoms with Gasteiger partial charge in [0, 0.05) is 37.0 Å². The number of urea groups is 1. The van der Waals surface area contributed by atoms with Crippen LogP contribution in [-0.4, -0.2) is 66.9 Å². The Balaban J connectivity index is 1.39. The number of carbonyl (C=O) groups excluding carboxylic acids is 2. The quantitative estimate of drug-likeness (QED) is 0.236. The van der Waals surface area contributed by atoms with Crippen molar-refractivity contribution >= 4 is 34.2 Å². The number of fused-ring (bicyclic) bond motifs is 1. The van der Waals surface area contributed by atoms with Gasteiger partial charge in [-0.05, 0) is 55.5 Å². The van der Waals surface area contributed by atoms with Crippen molar-refractivity contribution in [2.24, 2.45) is 0 Å². The van der Waals surface area contributed by atoms with Crippen LogP contribution in [0.4, 0.5) is 20.6 Å². The van der Waals surface area contributed by atoms with Crippen molar-refractivity contribution in [2.45, 2.75) is 19.5 Å². The summed E-state index contributed by atoms with van der Waals surface area (Å²) in [4.78, 5) is 49.8. The number of piperazine rings is 1. The van der Waals surface area contributed by atoms with Gasteiger partial charge in [0.1, 0.15) is 17.3 Å². The summed E-state index contributed by atoms with van der Waals surface area (Å²) in [5, 5.41) is 5.13. The number of benzene rings is 3. The lowest BCUT2D eigenvalue weighted by molar-refractivity contribution is -0.685. The Labute approximate surface area is 282 Å². The molecular formula is C36H37FN7O5+. The number of nitrogens with zero attached hydrogens (tertiary/aromatic N) is 6. The van der Waals surface area contributed by atoms with E-state index >= 15 is 0 Å². The summed E-state index contributed by atoms with van der Waals surface area (Å²) < 4.78 is 28.1. The molecule has 2 aromatic heterocycles. The highest BCUT2D eigenvalue weighted by atomic mass is 19.1. The third-order valence-corrected chi connectivity index (χ3v) is 8.49. The highest BCUT2D eigenvalue weighted by molar-refractivity contribution is 6.03. The predicted molar refractivity (Wildman–Crippen MR) is 183 cm³/mol. The molecule has 0 aliphatic carbocycles. The summed E-state index contributed by atoms with van der Waals surface area (Å²) in [6, 6.07) is 21.8. The number of pyridine rings is 1. The smallest absolute Gasteiger partial charge is 0.327 e. The van der Waals surface area contributed by atoms with Crippen molar-refractivity contribution in [3.05, 3.63) is 119 Å². The van der Waals surface area contributed by atoms with Crippen LogP contribution in [0.15, 0.2) is 102 Å². The van der Waals surface area contributed by atoms with E-state index < -0.39 is 17.9 Å². The lowest BCUT2D eigenvalue weighted by Crippen LogP contribution is -2.58. The van der Waals surface area contributed by atoms with E-state index in [4.69, 9.17) is 14.5 Å². The number of carbonyl (C=O) groups is 2. The Hall–Kier alpha value is -5.98. The first-order valence-electron chi connectivity index (χ1n) is 15.8. The van der Waals surface area contributed by atoms with Crippen LogP contribution in [0.25, 0.3) is 10.9 Å². The van der Waals surface area contributed by atoms with Gasteiger partial charge in [0.05, 0.1) is 49.9 Å². The maximum atomic E-state index is 14.3. The number of rotatable bonds is 9. The number of hydrogen-bond donors (Lipinski definition) is 1.